The van der Waals surface area contributed by atoms with E-state index in [4.69, 9.17) is 0 Å². The fourth-order valence-corrected chi connectivity index (χ4v) is 3.51. The molecule has 1 aliphatic rings. The summed E-state index contributed by atoms with van der Waals surface area (Å²) in [6, 6.07) is 19.2. The predicted octanol–water partition coefficient (Wildman–Crippen LogP) is 3.12. The average Bonchev–Trinajstić information content (AvgIpc) is 3.47. The quantitative estimate of drug-likeness (QED) is 0.625. The number of hydrogen-bond donors (Lipinski definition) is 1. The molecule has 0 aliphatic heterocycles. The summed E-state index contributed by atoms with van der Waals surface area (Å²) < 4.78 is 1.86. The summed E-state index contributed by atoms with van der Waals surface area (Å²) in [7, 11) is 0. The number of para-hydroxylation sites is 1. The van der Waals surface area contributed by atoms with Gasteiger partial charge in [0, 0.05) is 5.92 Å². The molecule has 28 heavy (non-hydrogen) atoms. The van der Waals surface area contributed by atoms with Gasteiger partial charge in [-0.15, -0.1) is 5.10 Å². The van der Waals surface area contributed by atoms with Crippen molar-refractivity contribution in [3.05, 3.63) is 72.1 Å². The zero-order valence-corrected chi connectivity index (χ0v) is 16.1. The molecule has 0 atom stereocenters. The first-order valence-electron chi connectivity index (χ1n) is 9.21. The number of imide groups is 1. The Morgan fingerprint density at radius 1 is 1.00 bits per heavy atom. The van der Waals surface area contributed by atoms with Crippen molar-refractivity contribution in [2.45, 2.75) is 30.3 Å². The summed E-state index contributed by atoms with van der Waals surface area (Å²) in [5.74, 6) is 0.828. The van der Waals surface area contributed by atoms with Crippen molar-refractivity contribution in [1.29, 1.82) is 0 Å². The number of nitrogens with one attached hydrogen (secondary N) is 1. The summed E-state index contributed by atoms with van der Waals surface area (Å²) in [6.45, 7) is 0. The van der Waals surface area contributed by atoms with Crippen LogP contribution in [-0.4, -0.2) is 32.3 Å². The number of rotatable bonds is 7. The molecule has 142 valence electrons. The van der Waals surface area contributed by atoms with Crippen LogP contribution in [0.2, 0.25) is 0 Å². The Bertz CT molecular complexity index is 969. The Morgan fingerprint density at radius 2 is 1.68 bits per heavy atom. The molecule has 2 amide bonds. The van der Waals surface area contributed by atoms with E-state index in [9.17, 15) is 9.59 Å². The topological polar surface area (TPSA) is 76.9 Å². The van der Waals surface area contributed by atoms with Gasteiger partial charge in [-0.05, 0) is 30.5 Å². The zero-order valence-electron chi connectivity index (χ0n) is 15.2. The van der Waals surface area contributed by atoms with Crippen LogP contribution in [0.4, 0.5) is 0 Å². The highest BCUT2D eigenvalue weighted by atomic mass is 32.2. The van der Waals surface area contributed by atoms with Gasteiger partial charge in [-0.25, -0.2) is 9.67 Å². The van der Waals surface area contributed by atoms with Gasteiger partial charge in [-0.2, -0.15) is 0 Å². The molecule has 0 spiro atoms. The van der Waals surface area contributed by atoms with Crippen LogP contribution in [0, 0.1) is 0 Å². The number of aromatic nitrogens is 3. The lowest BCUT2D eigenvalue weighted by Gasteiger charge is -2.04. The molecule has 0 saturated heterocycles. The minimum absolute atomic E-state index is 0.101. The van der Waals surface area contributed by atoms with E-state index in [1.165, 1.54) is 11.8 Å². The molecule has 0 unspecified atom stereocenters. The summed E-state index contributed by atoms with van der Waals surface area (Å²) >= 11 is 1.24. The Labute approximate surface area is 167 Å². The molecule has 1 aromatic heterocycles. The average molecular weight is 392 g/mol. The first-order chi connectivity index (χ1) is 13.7. The highest BCUT2D eigenvalue weighted by Gasteiger charge is 2.30. The van der Waals surface area contributed by atoms with Crippen LogP contribution in [0.3, 0.4) is 0 Å². The van der Waals surface area contributed by atoms with Crippen molar-refractivity contribution in [1.82, 2.24) is 20.1 Å². The van der Waals surface area contributed by atoms with Gasteiger partial charge in [0.25, 0.3) is 0 Å². The molecule has 3 aromatic rings. The van der Waals surface area contributed by atoms with Crippen LogP contribution in [0.1, 0.15) is 30.1 Å². The third-order valence-corrected chi connectivity index (χ3v) is 5.21. The van der Waals surface area contributed by atoms with Crippen LogP contribution in [0.25, 0.3) is 5.69 Å². The Morgan fingerprint density at radius 3 is 2.36 bits per heavy atom. The van der Waals surface area contributed by atoms with E-state index in [0.29, 0.717) is 11.1 Å². The Balaban J connectivity index is 1.36. The maximum atomic E-state index is 12.1. The van der Waals surface area contributed by atoms with E-state index in [1.54, 1.807) is 0 Å². The SMILES string of the molecule is O=C(CSc1nc(C2CC2)n(-c2ccccc2)n1)NC(=O)Cc1ccccc1. The molecule has 1 heterocycles. The number of amides is 2. The number of benzene rings is 2. The number of nitrogens with zero attached hydrogens (tertiary/aromatic N) is 3. The second kappa shape index (κ2) is 8.39. The Kier molecular flexibility index (Phi) is 5.53. The highest BCUT2D eigenvalue weighted by molar-refractivity contribution is 7.99. The van der Waals surface area contributed by atoms with Crippen molar-refractivity contribution in [3.63, 3.8) is 0 Å². The van der Waals surface area contributed by atoms with E-state index in [1.807, 2.05) is 65.3 Å². The summed E-state index contributed by atoms with van der Waals surface area (Å²) in [5, 5.41) is 7.54. The second-order valence-corrected chi connectivity index (χ2v) is 7.64. The van der Waals surface area contributed by atoms with Crippen molar-refractivity contribution in [3.8, 4) is 5.69 Å². The fourth-order valence-electron chi connectivity index (χ4n) is 2.88. The normalized spacial score (nSPS) is 13.3. The molecular formula is C21H20N4O2S. The molecule has 0 radical (unpaired) electrons. The first-order valence-corrected chi connectivity index (χ1v) is 10.2. The molecule has 1 fully saturated rings. The van der Waals surface area contributed by atoms with Gasteiger partial charge in [0.05, 0.1) is 17.9 Å². The fraction of sp³-hybridized carbons (Fsp3) is 0.238. The summed E-state index contributed by atoms with van der Waals surface area (Å²) in [6.07, 6.45) is 2.41. The smallest absolute Gasteiger partial charge is 0.237 e. The standard InChI is InChI=1S/C21H20N4O2S/c26-18(13-15-7-3-1-4-8-15)22-19(27)14-28-21-23-20(16-11-12-16)25(24-21)17-9-5-2-6-10-17/h1-10,16H,11-14H2,(H,22,26,27). The first kappa shape index (κ1) is 18.4. The van der Waals surface area contributed by atoms with Crippen LogP contribution < -0.4 is 5.32 Å². The summed E-state index contributed by atoms with van der Waals surface area (Å²) in [4.78, 5) is 28.7. The van der Waals surface area contributed by atoms with Gasteiger partial charge in [0.2, 0.25) is 17.0 Å². The van der Waals surface area contributed by atoms with Gasteiger partial charge in [0.15, 0.2) is 0 Å². The maximum Gasteiger partial charge on any atom is 0.237 e. The lowest BCUT2D eigenvalue weighted by Crippen LogP contribution is -2.33. The van der Waals surface area contributed by atoms with Gasteiger partial charge in [-0.1, -0.05) is 60.3 Å². The molecule has 1 N–H and O–H groups in total. The number of hydrogen-bond acceptors (Lipinski definition) is 5. The molecule has 6 nitrogen and oxygen atoms in total. The number of thioether (sulfide) groups is 1. The van der Waals surface area contributed by atoms with Crippen molar-refractivity contribution < 1.29 is 9.59 Å². The van der Waals surface area contributed by atoms with E-state index in [0.717, 1.165) is 29.9 Å². The van der Waals surface area contributed by atoms with Crippen LogP contribution in [0.5, 0.6) is 0 Å². The minimum atomic E-state index is -0.338. The van der Waals surface area contributed by atoms with Gasteiger partial charge >= 0.3 is 0 Å². The van der Waals surface area contributed by atoms with Crippen molar-refractivity contribution >= 4 is 23.6 Å². The summed E-state index contributed by atoms with van der Waals surface area (Å²) in [5.41, 5.74) is 1.84. The number of carbonyl (C=O) groups is 2. The van der Waals surface area contributed by atoms with Crippen LogP contribution in [0.15, 0.2) is 65.8 Å². The molecule has 7 heteroatoms. The van der Waals surface area contributed by atoms with Crippen LogP contribution >= 0.6 is 11.8 Å². The largest absolute Gasteiger partial charge is 0.295 e. The molecule has 2 aromatic carbocycles. The lowest BCUT2D eigenvalue weighted by atomic mass is 10.1. The lowest BCUT2D eigenvalue weighted by molar-refractivity contribution is -0.128. The molecule has 1 saturated carbocycles. The zero-order chi connectivity index (χ0) is 19.3. The molecular weight excluding hydrogens is 372 g/mol. The molecule has 4 rings (SSSR count). The number of carbonyl (C=O) groups excluding carboxylic acids is 2. The highest BCUT2D eigenvalue weighted by Crippen LogP contribution is 2.40. The monoisotopic (exact) mass is 392 g/mol. The van der Waals surface area contributed by atoms with Crippen molar-refractivity contribution in [2.75, 3.05) is 5.75 Å². The van der Waals surface area contributed by atoms with E-state index in [-0.39, 0.29) is 24.0 Å². The van der Waals surface area contributed by atoms with Gasteiger partial charge < -0.3 is 0 Å². The maximum absolute atomic E-state index is 12.1. The Hall–Kier alpha value is -2.93. The molecule has 0 bridgehead atoms. The second-order valence-electron chi connectivity index (χ2n) is 6.70. The van der Waals surface area contributed by atoms with Crippen LogP contribution in [-0.2, 0) is 16.0 Å². The van der Waals surface area contributed by atoms with Gasteiger partial charge in [0.1, 0.15) is 5.82 Å². The van der Waals surface area contributed by atoms with Crippen molar-refractivity contribution in [2.24, 2.45) is 0 Å². The third kappa shape index (κ3) is 4.67. The van der Waals surface area contributed by atoms with E-state index < -0.39 is 0 Å². The van der Waals surface area contributed by atoms with E-state index in [2.05, 4.69) is 15.4 Å². The van der Waals surface area contributed by atoms with E-state index >= 15 is 0 Å². The third-order valence-electron chi connectivity index (χ3n) is 4.37. The minimum Gasteiger partial charge on any atom is -0.295 e. The predicted molar refractivity (Wildman–Crippen MR) is 107 cm³/mol. The molecule has 1 aliphatic carbocycles. The van der Waals surface area contributed by atoms with Gasteiger partial charge in [-0.3, -0.25) is 14.9 Å².